The Kier molecular flexibility index (Phi) is 5.25. The summed E-state index contributed by atoms with van der Waals surface area (Å²) in [5, 5.41) is 0. The van der Waals surface area contributed by atoms with Crippen LogP contribution >= 0.6 is 22.9 Å². The molecule has 0 saturated carbocycles. The molecule has 0 bridgehead atoms. The fraction of sp³-hybridized carbons (Fsp3) is 0.545. The summed E-state index contributed by atoms with van der Waals surface area (Å²) < 4.78 is 0.755. The summed E-state index contributed by atoms with van der Waals surface area (Å²) in [4.78, 5) is 14.7. The highest BCUT2D eigenvalue weighted by molar-refractivity contribution is 7.16. The quantitative estimate of drug-likeness (QED) is 0.883. The Hall–Kier alpha value is -0.580. The molecule has 0 aromatic carbocycles. The maximum atomic E-state index is 11.9. The van der Waals surface area contributed by atoms with Crippen molar-refractivity contribution in [1.82, 2.24) is 4.90 Å². The second kappa shape index (κ2) is 6.23. The van der Waals surface area contributed by atoms with E-state index in [0.29, 0.717) is 13.1 Å². The van der Waals surface area contributed by atoms with Crippen LogP contribution < -0.4 is 5.73 Å². The highest BCUT2D eigenvalue weighted by Crippen LogP contribution is 2.22. The first kappa shape index (κ1) is 13.5. The topological polar surface area (TPSA) is 46.3 Å². The Balaban J connectivity index is 2.51. The zero-order valence-corrected chi connectivity index (χ0v) is 11.1. The summed E-state index contributed by atoms with van der Waals surface area (Å²) in [5.74, 6) is 0.125. The van der Waals surface area contributed by atoms with Crippen molar-refractivity contribution < 1.29 is 4.79 Å². The smallest absolute Gasteiger partial charge is 0.225 e. The number of nitrogens with two attached hydrogens (primary N) is 1. The molecule has 0 aliphatic carbocycles. The Morgan fingerprint density at radius 2 is 2.31 bits per heavy atom. The number of carbonyl (C=O) groups is 1. The first-order valence-electron chi connectivity index (χ1n) is 5.24. The van der Waals surface area contributed by atoms with E-state index >= 15 is 0 Å². The Labute approximate surface area is 105 Å². The monoisotopic (exact) mass is 260 g/mol. The van der Waals surface area contributed by atoms with Crippen molar-refractivity contribution >= 4 is 28.8 Å². The fourth-order valence-electron chi connectivity index (χ4n) is 1.50. The lowest BCUT2D eigenvalue weighted by Crippen LogP contribution is -2.31. The number of nitrogens with zero attached hydrogens (tertiary/aromatic N) is 1. The molecule has 1 rings (SSSR count). The van der Waals surface area contributed by atoms with E-state index in [4.69, 9.17) is 17.3 Å². The van der Waals surface area contributed by atoms with Gasteiger partial charge >= 0.3 is 0 Å². The molecule has 0 spiro atoms. The van der Waals surface area contributed by atoms with E-state index in [0.717, 1.165) is 15.6 Å². The highest BCUT2D eigenvalue weighted by Gasteiger charge is 2.17. The molecule has 16 heavy (non-hydrogen) atoms. The lowest BCUT2D eigenvalue weighted by molar-refractivity contribution is -0.134. The van der Waals surface area contributed by atoms with Gasteiger partial charge in [-0.25, -0.2) is 0 Å². The van der Waals surface area contributed by atoms with Gasteiger partial charge in [-0.1, -0.05) is 18.5 Å². The first-order chi connectivity index (χ1) is 7.54. The standard InChI is InChI=1S/C11H17ClN2OS/c1-8(5-6-13)11(15)14(2)7-9-3-4-10(12)16-9/h3-4,8H,5-7,13H2,1-2H3. The maximum Gasteiger partial charge on any atom is 0.225 e. The van der Waals surface area contributed by atoms with Crippen molar-refractivity contribution in [3.05, 3.63) is 21.3 Å². The summed E-state index contributed by atoms with van der Waals surface area (Å²) in [6, 6.07) is 3.80. The molecule has 1 heterocycles. The second-order valence-corrected chi connectivity index (χ2v) is 5.68. The third-order valence-corrected chi connectivity index (χ3v) is 3.64. The van der Waals surface area contributed by atoms with E-state index in [1.54, 1.807) is 4.90 Å². The van der Waals surface area contributed by atoms with Gasteiger partial charge in [-0.05, 0) is 25.1 Å². The molecule has 5 heteroatoms. The molecule has 1 amide bonds. The average molecular weight is 261 g/mol. The fourth-order valence-corrected chi connectivity index (χ4v) is 2.64. The largest absolute Gasteiger partial charge is 0.340 e. The number of carbonyl (C=O) groups excluding carboxylic acids is 1. The van der Waals surface area contributed by atoms with Gasteiger partial charge in [0.25, 0.3) is 0 Å². The molecular formula is C11H17ClN2OS. The van der Waals surface area contributed by atoms with Crippen LogP contribution in [0.5, 0.6) is 0 Å². The summed E-state index contributed by atoms with van der Waals surface area (Å²) in [6.45, 7) is 3.07. The number of halogens is 1. The van der Waals surface area contributed by atoms with E-state index in [9.17, 15) is 4.79 Å². The minimum atomic E-state index is -0.00886. The van der Waals surface area contributed by atoms with Gasteiger partial charge < -0.3 is 10.6 Å². The zero-order valence-electron chi connectivity index (χ0n) is 9.57. The van der Waals surface area contributed by atoms with Crippen LogP contribution in [0.2, 0.25) is 4.34 Å². The van der Waals surface area contributed by atoms with Crippen LogP contribution in [-0.4, -0.2) is 24.4 Å². The van der Waals surface area contributed by atoms with Crippen LogP contribution in [0.1, 0.15) is 18.2 Å². The molecule has 0 saturated heterocycles. The van der Waals surface area contributed by atoms with Crippen molar-refractivity contribution in [2.24, 2.45) is 11.7 Å². The number of hydrogen-bond donors (Lipinski definition) is 1. The van der Waals surface area contributed by atoms with Crippen LogP contribution in [0.4, 0.5) is 0 Å². The van der Waals surface area contributed by atoms with Crippen molar-refractivity contribution in [1.29, 1.82) is 0 Å². The maximum absolute atomic E-state index is 11.9. The van der Waals surface area contributed by atoms with E-state index in [2.05, 4.69) is 0 Å². The predicted octanol–water partition coefficient (Wildman–Crippen LogP) is 2.34. The minimum absolute atomic E-state index is 0.00886. The molecular weight excluding hydrogens is 244 g/mol. The Morgan fingerprint density at radius 3 is 2.81 bits per heavy atom. The molecule has 0 aliphatic rings. The van der Waals surface area contributed by atoms with Crippen LogP contribution in [0.3, 0.4) is 0 Å². The van der Waals surface area contributed by atoms with Gasteiger partial charge in [0.15, 0.2) is 0 Å². The number of rotatable bonds is 5. The van der Waals surface area contributed by atoms with Gasteiger partial charge in [0.2, 0.25) is 5.91 Å². The molecule has 0 aliphatic heterocycles. The molecule has 1 aromatic heterocycles. The third-order valence-electron chi connectivity index (χ3n) is 2.42. The van der Waals surface area contributed by atoms with Crippen LogP contribution in [-0.2, 0) is 11.3 Å². The second-order valence-electron chi connectivity index (χ2n) is 3.88. The molecule has 1 aromatic rings. The Bertz CT molecular complexity index is 354. The summed E-state index contributed by atoms with van der Waals surface area (Å²) in [5.41, 5.74) is 5.44. The first-order valence-corrected chi connectivity index (χ1v) is 6.43. The minimum Gasteiger partial charge on any atom is -0.340 e. The molecule has 3 nitrogen and oxygen atoms in total. The lowest BCUT2D eigenvalue weighted by atomic mass is 10.1. The zero-order chi connectivity index (χ0) is 12.1. The predicted molar refractivity (Wildman–Crippen MR) is 68.6 cm³/mol. The summed E-state index contributed by atoms with van der Waals surface area (Å²) >= 11 is 7.34. The molecule has 1 atom stereocenters. The van der Waals surface area contributed by atoms with Gasteiger partial charge in [-0.3, -0.25) is 4.79 Å². The SMILES string of the molecule is CC(CCN)C(=O)N(C)Cc1ccc(Cl)s1. The molecule has 1 unspecified atom stereocenters. The number of hydrogen-bond acceptors (Lipinski definition) is 3. The van der Waals surface area contributed by atoms with E-state index < -0.39 is 0 Å². The number of thiophene rings is 1. The van der Waals surface area contributed by atoms with Gasteiger partial charge in [0, 0.05) is 17.8 Å². The van der Waals surface area contributed by atoms with Crippen molar-refractivity contribution in [2.45, 2.75) is 19.9 Å². The molecule has 0 radical (unpaired) electrons. The van der Waals surface area contributed by atoms with Crippen LogP contribution in [0, 0.1) is 5.92 Å². The lowest BCUT2D eigenvalue weighted by Gasteiger charge is -2.20. The summed E-state index contributed by atoms with van der Waals surface area (Å²) in [7, 11) is 1.81. The number of amides is 1. The highest BCUT2D eigenvalue weighted by atomic mass is 35.5. The van der Waals surface area contributed by atoms with E-state index in [1.807, 2.05) is 26.1 Å². The summed E-state index contributed by atoms with van der Waals surface area (Å²) in [6.07, 6.45) is 0.731. The van der Waals surface area contributed by atoms with Gasteiger partial charge in [0.1, 0.15) is 0 Å². The van der Waals surface area contributed by atoms with Crippen molar-refractivity contribution in [2.75, 3.05) is 13.6 Å². The van der Waals surface area contributed by atoms with E-state index in [-0.39, 0.29) is 11.8 Å². The molecule has 90 valence electrons. The van der Waals surface area contributed by atoms with Crippen LogP contribution in [0.25, 0.3) is 0 Å². The normalized spacial score (nSPS) is 12.5. The molecule has 2 N–H and O–H groups in total. The van der Waals surface area contributed by atoms with Gasteiger partial charge in [-0.15, -0.1) is 11.3 Å². The van der Waals surface area contributed by atoms with E-state index in [1.165, 1.54) is 11.3 Å². The Morgan fingerprint density at radius 1 is 1.62 bits per heavy atom. The van der Waals surface area contributed by atoms with Gasteiger partial charge in [-0.2, -0.15) is 0 Å². The van der Waals surface area contributed by atoms with Gasteiger partial charge in [0.05, 0.1) is 10.9 Å². The van der Waals surface area contributed by atoms with Crippen LogP contribution in [0.15, 0.2) is 12.1 Å². The third kappa shape index (κ3) is 3.77. The van der Waals surface area contributed by atoms with Crippen molar-refractivity contribution in [3.8, 4) is 0 Å². The average Bonchev–Trinajstić information content (AvgIpc) is 2.63. The molecule has 0 fully saturated rings. The van der Waals surface area contributed by atoms with Crippen molar-refractivity contribution in [3.63, 3.8) is 0 Å².